The lowest BCUT2D eigenvalue weighted by molar-refractivity contribution is 0.0994. The zero-order chi connectivity index (χ0) is 13.3. The number of aryl methyl sites for hydroxylation is 3. The number of hydrogen-bond acceptors (Lipinski definition) is 4. The van der Waals surface area contributed by atoms with Gasteiger partial charge in [-0.3, -0.25) is 9.48 Å². The maximum Gasteiger partial charge on any atom is 0.180 e. The standard InChI is InChI=1S/C12H14BrN3OS/c1-4-8-12(13)9(16(3)15-8)5-10(17)11-6-14-7(2)18-11/h6H,4-5H2,1-3H3. The molecule has 0 saturated heterocycles. The van der Waals surface area contributed by atoms with Crippen LogP contribution in [0, 0.1) is 6.92 Å². The average molecular weight is 328 g/mol. The summed E-state index contributed by atoms with van der Waals surface area (Å²) in [5.41, 5.74) is 1.91. The highest BCUT2D eigenvalue weighted by Crippen LogP contribution is 2.24. The van der Waals surface area contributed by atoms with E-state index in [0.29, 0.717) is 11.3 Å². The van der Waals surface area contributed by atoms with Gasteiger partial charge >= 0.3 is 0 Å². The van der Waals surface area contributed by atoms with Crippen LogP contribution in [0.5, 0.6) is 0 Å². The van der Waals surface area contributed by atoms with Gasteiger partial charge in [0.15, 0.2) is 5.78 Å². The van der Waals surface area contributed by atoms with E-state index in [1.54, 1.807) is 10.9 Å². The molecule has 0 amide bonds. The van der Waals surface area contributed by atoms with E-state index in [0.717, 1.165) is 27.3 Å². The minimum Gasteiger partial charge on any atom is -0.293 e. The van der Waals surface area contributed by atoms with Crippen LogP contribution >= 0.6 is 27.3 Å². The lowest BCUT2D eigenvalue weighted by Gasteiger charge is -2.00. The fourth-order valence-corrected chi connectivity index (χ4v) is 3.21. The Hall–Kier alpha value is -1.01. The Bertz CT molecular complexity index is 588. The van der Waals surface area contributed by atoms with Gasteiger partial charge in [0.05, 0.1) is 32.2 Å². The molecule has 0 saturated carbocycles. The number of aromatic nitrogens is 3. The van der Waals surface area contributed by atoms with Crippen molar-refractivity contribution in [1.29, 1.82) is 0 Å². The Morgan fingerprint density at radius 3 is 2.78 bits per heavy atom. The minimum absolute atomic E-state index is 0.0898. The number of nitrogens with zero attached hydrogens (tertiary/aromatic N) is 3. The summed E-state index contributed by atoms with van der Waals surface area (Å²) in [5, 5.41) is 5.30. The third kappa shape index (κ3) is 2.54. The Morgan fingerprint density at radius 1 is 1.56 bits per heavy atom. The average Bonchev–Trinajstić information content (AvgIpc) is 2.87. The van der Waals surface area contributed by atoms with Gasteiger partial charge in [0.1, 0.15) is 0 Å². The zero-order valence-electron chi connectivity index (χ0n) is 10.5. The summed E-state index contributed by atoms with van der Waals surface area (Å²) in [6, 6.07) is 0. The number of halogens is 1. The van der Waals surface area contributed by atoms with Gasteiger partial charge in [-0.1, -0.05) is 6.92 Å². The summed E-state index contributed by atoms with van der Waals surface area (Å²) in [5.74, 6) is 0.0898. The van der Waals surface area contributed by atoms with Gasteiger partial charge in [0.2, 0.25) is 0 Å². The van der Waals surface area contributed by atoms with Gasteiger partial charge in [-0.25, -0.2) is 4.98 Å². The predicted molar refractivity (Wildman–Crippen MR) is 75.2 cm³/mol. The third-order valence-corrected chi connectivity index (χ3v) is 4.60. The van der Waals surface area contributed by atoms with Gasteiger partial charge in [0.25, 0.3) is 0 Å². The molecular weight excluding hydrogens is 314 g/mol. The Kier molecular flexibility index (Phi) is 3.97. The second kappa shape index (κ2) is 5.32. The molecule has 18 heavy (non-hydrogen) atoms. The molecule has 96 valence electrons. The Balaban J connectivity index is 2.24. The van der Waals surface area contributed by atoms with Crippen molar-refractivity contribution in [3.05, 3.63) is 31.9 Å². The molecule has 6 heteroatoms. The molecule has 0 bridgehead atoms. The predicted octanol–water partition coefficient (Wildman–Crippen LogP) is 2.94. The number of hydrogen-bond donors (Lipinski definition) is 0. The smallest absolute Gasteiger partial charge is 0.180 e. The third-order valence-electron chi connectivity index (χ3n) is 2.73. The minimum atomic E-state index is 0.0898. The molecule has 0 unspecified atom stereocenters. The molecule has 0 N–H and O–H groups in total. The fraction of sp³-hybridized carbons (Fsp3) is 0.417. The Labute approximate surface area is 118 Å². The van der Waals surface area contributed by atoms with E-state index in [4.69, 9.17) is 0 Å². The highest BCUT2D eigenvalue weighted by Gasteiger charge is 2.17. The summed E-state index contributed by atoms with van der Waals surface area (Å²) in [4.78, 5) is 17.0. The van der Waals surface area contributed by atoms with Crippen molar-refractivity contribution in [1.82, 2.24) is 14.8 Å². The van der Waals surface area contributed by atoms with Crippen molar-refractivity contribution in [3.8, 4) is 0 Å². The van der Waals surface area contributed by atoms with Gasteiger partial charge in [-0.15, -0.1) is 11.3 Å². The number of rotatable bonds is 4. The fourth-order valence-electron chi connectivity index (χ4n) is 1.74. The van der Waals surface area contributed by atoms with Gasteiger partial charge in [0, 0.05) is 13.2 Å². The lowest BCUT2D eigenvalue weighted by atomic mass is 10.2. The summed E-state index contributed by atoms with van der Waals surface area (Å²) in [7, 11) is 1.87. The van der Waals surface area contributed by atoms with Crippen LogP contribution in [0.2, 0.25) is 0 Å². The Morgan fingerprint density at radius 2 is 2.28 bits per heavy atom. The molecule has 2 aromatic rings. The molecule has 0 fully saturated rings. The first-order valence-electron chi connectivity index (χ1n) is 5.68. The second-order valence-electron chi connectivity index (χ2n) is 4.03. The van der Waals surface area contributed by atoms with E-state index in [-0.39, 0.29) is 5.78 Å². The van der Waals surface area contributed by atoms with Crippen LogP contribution < -0.4 is 0 Å². The van der Waals surface area contributed by atoms with Crippen LogP contribution in [-0.2, 0) is 19.9 Å². The van der Waals surface area contributed by atoms with Crippen molar-refractivity contribution in [2.75, 3.05) is 0 Å². The van der Waals surface area contributed by atoms with Crippen LogP contribution in [-0.4, -0.2) is 20.5 Å². The van der Waals surface area contributed by atoms with Crippen LogP contribution in [0.25, 0.3) is 0 Å². The molecule has 0 aliphatic rings. The topological polar surface area (TPSA) is 47.8 Å². The summed E-state index contributed by atoms with van der Waals surface area (Å²) < 4.78 is 2.72. The first kappa shape index (κ1) is 13.4. The zero-order valence-corrected chi connectivity index (χ0v) is 12.9. The van der Waals surface area contributed by atoms with Gasteiger partial charge in [-0.05, 0) is 29.3 Å². The number of carbonyl (C=O) groups is 1. The van der Waals surface area contributed by atoms with Crippen LogP contribution in [0.4, 0.5) is 0 Å². The summed E-state index contributed by atoms with van der Waals surface area (Å²) in [6.45, 7) is 3.95. The molecule has 0 atom stereocenters. The van der Waals surface area contributed by atoms with Gasteiger partial charge < -0.3 is 0 Å². The van der Waals surface area contributed by atoms with Crippen molar-refractivity contribution in [3.63, 3.8) is 0 Å². The van der Waals surface area contributed by atoms with E-state index in [1.165, 1.54) is 11.3 Å². The number of thiazole rings is 1. The van der Waals surface area contributed by atoms with Crippen molar-refractivity contribution in [2.24, 2.45) is 7.05 Å². The maximum absolute atomic E-state index is 12.1. The highest BCUT2D eigenvalue weighted by molar-refractivity contribution is 9.10. The quantitative estimate of drug-likeness (QED) is 0.811. The number of Topliss-reactive ketones (excluding diaryl/α,β-unsaturated/α-hetero) is 1. The number of ketones is 1. The van der Waals surface area contributed by atoms with Crippen molar-refractivity contribution >= 4 is 33.0 Å². The maximum atomic E-state index is 12.1. The molecule has 0 aliphatic carbocycles. The first-order valence-corrected chi connectivity index (χ1v) is 7.29. The molecule has 0 aliphatic heterocycles. The van der Waals surface area contributed by atoms with E-state index < -0.39 is 0 Å². The summed E-state index contributed by atoms with van der Waals surface area (Å²) in [6.07, 6.45) is 2.85. The van der Waals surface area contributed by atoms with Crippen LogP contribution in [0.3, 0.4) is 0 Å². The highest BCUT2D eigenvalue weighted by atomic mass is 79.9. The number of carbonyl (C=O) groups excluding carboxylic acids is 1. The van der Waals surface area contributed by atoms with Crippen molar-refractivity contribution in [2.45, 2.75) is 26.7 Å². The molecular formula is C12H14BrN3OS. The molecule has 2 aromatic heterocycles. The normalized spacial score (nSPS) is 10.9. The SMILES string of the molecule is CCc1nn(C)c(CC(=O)c2cnc(C)s2)c1Br. The molecule has 0 radical (unpaired) electrons. The largest absolute Gasteiger partial charge is 0.293 e. The summed E-state index contributed by atoms with van der Waals surface area (Å²) >= 11 is 4.95. The molecule has 2 heterocycles. The van der Waals surface area contributed by atoms with E-state index in [2.05, 4.69) is 26.0 Å². The van der Waals surface area contributed by atoms with Crippen LogP contribution in [0.15, 0.2) is 10.7 Å². The molecule has 2 rings (SSSR count). The van der Waals surface area contributed by atoms with E-state index in [9.17, 15) is 4.79 Å². The monoisotopic (exact) mass is 327 g/mol. The van der Waals surface area contributed by atoms with E-state index in [1.807, 2.05) is 20.9 Å². The molecule has 0 spiro atoms. The molecule has 0 aromatic carbocycles. The first-order chi connectivity index (χ1) is 8.52. The molecule has 4 nitrogen and oxygen atoms in total. The van der Waals surface area contributed by atoms with Crippen LogP contribution in [0.1, 0.15) is 33.0 Å². The van der Waals surface area contributed by atoms with Crippen molar-refractivity contribution < 1.29 is 4.79 Å². The van der Waals surface area contributed by atoms with Gasteiger partial charge in [-0.2, -0.15) is 5.10 Å². The van der Waals surface area contributed by atoms with E-state index >= 15 is 0 Å². The second-order valence-corrected chi connectivity index (χ2v) is 6.06. The lowest BCUT2D eigenvalue weighted by Crippen LogP contribution is -2.07.